The van der Waals surface area contributed by atoms with Crippen LogP contribution in [0, 0.1) is 5.82 Å². The van der Waals surface area contributed by atoms with Crippen molar-refractivity contribution >= 4 is 16.0 Å². The molecule has 2 heterocycles. The minimum atomic E-state index is -3.64. The van der Waals surface area contributed by atoms with Crippen LogP contribution < -0.4 is 4.72 Å². The second-order valence-corrected chi connectivity index (χ2v) is 5.72. The van der Waals surface area contributed by atoms with Gasteiger partial charge in [-0.05, 0) is 24.1 Å². The molecule has 0 bridgehead atoms. The third-order valence-electron chi connectivity index (χ3n) is 3.11. The smallest absolute Gasteiger partial charge is 0.323 e. The van der Waals surface area contributed by atoms with E-state index in [0.717, 1.165) is 13.0 Å². The zero-order valence-electron chi connectivity index (χ0n) is 9.51. The summed E-state index contributed by atoms with van der Waals surface area (Å²) in [5.41, 5.74) is 0.717. The number of amidine groups is 1. The van der Waals surface area contributed by atoms with Gasteiger partial charge in [-0.2, -0.15) is 13.1 Å². The fraction of sp³-hybridized carbons (Fsp3) is 0.364. The topological polar surface area (TPSA) is 61.8 Å². The highest BCUT2D eigenvalue weighted by molar-refractivity contribution is 7.88. The normalized spacial score (nSPS) is 25.7. The molecule has 1 aromatic rings. The summed E-state index contributed by atoms with van der Waals surface area (Å²) in [4.78, 5) is 1.91. The van der Waals surface area contributed by atoms with Crippen molar-refractivity contribution in [1.82, 2.24) is 9.62 Å². The van der Waals surface area contributed by atoms with E-state index in [-0.39, 0.29) is 5.82 Å². The standard InChI is InChI=1S/C11H12FN3O2S/c12-9-5-3-8(4-6-9)11-14-18(16,17)13-10-2-1-7-15(10)11/h3-6,11,14H,1-2,7H2/t11-/m1/s1. The first-order chi connectivity index (χ1) is 8.55. The third-order valence-corrected chi connectivity index (χ3v) is 4.09. The van der Waals surface area contributed by atoms with E-state index in [9.17, 15) is 12.8 Å². The van der Waals surface area contributed by atoms with Gasteiger partial charge in [0.05, 0.1) is 0 Å². The molecule has 1 aromatic carbocycles. The van der Waals surface area contributed by atoms with E-state index >= 15 is 0 Å². The molecule has 0 unspecified atom stereocenters. The van der Waals surface area contributed by atoms with E-state index in [2.05, 4.69) is 9.12 Å². The molecule has 1 saturated heterocycles. The lowest BCUT2D eigenvalue weighted by Gasteiger charge is -2.33. The Bertz CT molecular complexity index is 597. The Morgan fingerprint density at radius 2 is 2.06 bits per heavy atom. The van der Waals surface area contributed by atoms with E-state index < -0.39 is 16.4 Å². The first-order valence-electron chi connectivity index (χ1n) is 5.68. The van der Waals surface area contributed by atoms with Gasteiger partial charge >= 0.3 is 10.2 Å². The van der Waals surface area contributed by atoms with Gasteiger partial charge in [-0.3, -0.25) is 0 Å². The van der Waals surface area contributed by atoms with Gasteiger partial charge in [-0.15, -0.1) is 4.40 Å². The minimum Gasteiger partial charge on any atom is -0.339 e. The highest BCUT2D eigenvalue weighted by atomic mass is 32.2. The van der Waals surface area contributed by atoms with Crippen molar-refractivity contribution in [1.29, 1.82) is 0 Å². The van der Waals surface area contributed by atoms with Crippen LogP contribution in [0.3, 0.4) is 0 Å². The monoisotopic (exact) mass is 269 g/mol. The zero-order chi connectivity index (χ0) is 12.8. The minimum absolute atomic E-state index is 0.340. The predicted molar refractivity (Wildman–Crippen MR) is 64.6 cm³/mol. The van der Waals surface area contributed by atoms with Gasteiger partial charge in [-0.1, -0.05) is 12.1 Å². The summed E-state index contributed by atoms with van der Waals surface area (Å²) in [5, 5.41) is 0. The first kappa shape index (κ1) is 11.6. The number of hydrogen-bond acceptors (Lipinski definition) is 3. The third kappa shape index (κ3) is 1.99. The Morgan fingerprint density at radius 1 is 1.33 bits per heavy atom. The molecule has 7 heteroatoms. The van der Waals surface area contributed by atoms with Gasteiger partial charge in [0, 0.05) is 13.0 Å². The summed E-state index contributed by atoms with van der Waals surface area (Å²) in [6.07, 6.45) is 1.07. The summed E-state index contributed by atoms with van der Waals surface area (Å²) in [5.74, 6) is 0.246. The summed E-state index contributed by atoms with van der Waals surface area (Å²) < 4.78 is 42.4. The predicted octanol–water partition coefficient (Wildman–Crippen LogP) is 1.17. The van der Waals surface area contributed by atoms with Crippen LogP contribution in [0.15, 0.2) is 28.7 Å². The second kappa shape index (κ2) is 4.03. The number of nitrogens with one attached hydrogen (secondary N) is 1. The average Bonchev–Trinajstić information content (AvgIpc) is 2.75. The van der Waals surface area contributed by atoms with E-state index in [1.807, 2.05) is 4.90 Å². The summed E-state index contributed by atoms with van der Waals surface area (Å²) in [6, 6.07) is 5.82. The van der Waals surface area contributed by atoms with Crippen LogP contribution >= 0.6 is 0 Å². The molecular weight excluding hydrogens is 257 g/mol. The molecule has 0 radical (unpaired) electrons. The van der Waals surface area contributed by atoms with E-state index in [0.29, 0.717) is 17.8 Å². The van der Waals surface area contributed by atoms with Crippen LogP contribution in [0.25, 0.3) is 0 Å². The fourth-order valence-electron chi connectivity index (χ4n) is 2.32. The van der Waals surface area contributed by atoms with Crippen LogP contribution in [-0.2, 0) is 10.2 Å². The van der Waals surface area contributed by atoms with Crippen LogP contribution in [0.2, 0.25) is 0 Å². The van der Waals surface area contributed by atoms with E-state index in [4.69, 9.17) is 0 Å². The van der Waals surface area contributed by atoms with Crippen molar-refractivity contribution in [3.8, 4) is 0 Å². The van der Waals surface area contributed by atoms with Crippen LogP contribution in [-0.4, -0.2) is 25.7 Å². The lowest BCUT2D eigenvalue weighted by molar-refractivity contribution is 0.316. The molecule has 1 atom stereocenters. The molecule has 0 aromatic heterocycles. The molecule has 1 fully saturated rings. The van der Waals surface area contributed by atoms with Gasteiger partial charge in [0.25, 0.3) is 0 Å². The molecule has 0 aliphatic carbocycles. The highest BCUT2D eigenvalue weighted by Gasteiger charge is 2.35. The molecule has 96 valence electrons. The lowest BCUT2D eigenvalue weighted by Crippen LogP contribution is -2.45. The Morgan fingerprint density at radius 3 is 2.78 bits per heavy atom. The van der Waals surface area contributed by atoms with Crippen LogP contribution in [0.4, 0.5) is 4.39 Å². The summed E-state index contributed by atoms with van der Waals surface area (Å²) in [7, 11) is -3.64. The van der Waals surface area contributed by atoms with Gasteiger partial charge in [0.2, 0.25) is 0 Å². The quantitative estimate of drug-likeness (QED) is 0.832. The molecule has 5 nitrogen and oxygen atoms in total. The molecule has 0 spiro atoms. The van der Waals surface area contributed by atoms with Gasteiger partial charge in [0.15, 0.2) is 0 Å². The SMILES string of the molecule is O=S1(=O)N=C2CCCN2[C@H](c2ccc(F)cc2)N1. The molecule has 1 N–H and O–H groups in total. The van der Waals surface area contributed by atoms with Crippen molar-refractivity contribution < 1.29 is 12.8 Å². The Kier molecular flexibility index (Phi) is 2.60. The molecular formula is C11H12FN3O2S. The Hall–Kier alpha value is -1.47. The van der Waals surface area contributed by atoms with Crippen LogP contribution in [0.5, 0.6) is 0 Å². The molecule has 2 aliphatic heterocycles. The maximum Gasteiger partial charge on any atom is 0.323 e. The van der Waals surface area contributed by atoms with Gasteiger partial charge < -0.3 is 4.90 Å². The van der Waals surface area contributed by atoms with Crippen molar-refractivity contribution in [3.63, 3.8) is 0 Å². The number of benzene rings is 1. The van der Waals surface area contributed by atoms with Crippen molar-refractivity contribution in [2.75, 3.05) is 6.54 Å². The summed E-state index contributed by atoms with van der Waals surface area (Å²) in [6.45, 7) is 0.753. The van der Waals surface area contributed by atoms with Crippen molar-refractivity contribution in [2.24, 2.45) is 4.40 Å². The van der Waals surface area contributed by atoms with Gasteiger partial charge in [-0.25, -0.2) is 4.39 Å². The van der Waals surface area contributed by atoms with Crippen molar-refractivity contribution in [2.45, 2.75) is 19.0 Å². The average molecular weight is 269 g/mol. The summed E-state index contributed by atoms with van der Waals surface area (Å²) >= 11 is 0. The first-order valence-corrected chi connectivity index (χ1v) is 7.12. The van der Waals surface area contributed by atoms with E-state index in [1.165, 1.54) is 12.1 Å². The molecule has 0 amide bonds. The lowest BCUT2D eigenvalue weighted by atomic mass is 10.1. The Labute approximate surface area is 105 Å². The highest BCUT2D eigenvalue weighted by Crippen LogP contribution is 2.29. The van der Waals surface area contributed by atoms with Crippen LogP contribution in [0.1, 0.15) is 24.6 Å². The van der Waals surface area contributed by atoms with Crippen molar-refractivity contribution in [3.05, 3.63) is 35.6 Å². The second-order valence-electron chi connectivity index (χ2n) is 4.35. The Balaban J connectivity index is 2.02. The maximum atomic E-state index is 12.9. The number of hydrogen-bond donors (Lipinski definition) is 1. The molecule has 2 aliphatic rings. The number of rotatable bonds is 1. The fourth-order valence-corrected chi connectivity index (χ4v) is 3.39. The molecule has 0 saturated carbocycles. The number of nitrogens with zero attached hydrogens (tertiary/aromatic N) is 2. The van der Waals surface area contributed by atoms with Gasteiger partial charge in [0.1, 0.15) is 17.8 Å². The number of halogens is 1. The number of fused-ring (bicyclic) bond motifs is 1. The molecule has 3 rings (SSSR count). The largest absolute Gasteiger partial charge is 0.339 e. The van der Waals surface area contributed by atoms with E-state index in [1.54, 1.807) is 12.1 Å². The zero-order valence-corrected chi connectivity index (χ0v) is 10.3. The maximum absolute atomic E-state index is 12.9. The molecule has 18 heavy (non-hydrogen) atoms.